The summed E-state index contributed by atoms with van der Waals surface area (Å²) in [5.74, 6) is 0.331. The molecule has 0 saturated carbocycles. The SMILES string of the molecule is Cc1ccc(C[n+]2cc(N)on2)cc1. The lowest BCUT2D eigenvalue weighted by molar-refractivity contribution is -0.754. The Balaban J connectivity index is 2.15. The van der Waals surface area contributed by atoms with Gasteiger partial charge in [-0.3, -0.25) is 4.52 Å². The van der Waals surface area contributed by atoms with Crippen LogP contribution in [0.5, 0.6) is 0 Å². The third kappa shape index (κ3) is 1.90. The summed E-state index contributed by atoms with van der Waals surface area (Å²) in [5, 5.41) is 3.75. The third-order valence-corrected chi connectivity index (χ3v) is 1.99. The van der Waals surface area contributed by atoms with Gasteiger partial charge in [-0.2, -0.15) is 0 Å². The fourth-order valence-corrected chi connectivity index (χ4v) is 1.25. The summed E-state index contributed by atoms with van der Waals surface area (Å²) in [5.41, 5.74) is 7.83. The second-order valence-corrected chi connectivity index (χ2v) is 3.29. The first-order valence-electron chi connectivity index (χ1n) is 4.41. The maximum atomic E-state index is 5.41. The number of nitrogen functional groups attached to an aromatic ring is 1. The average Bonchev–Trinajstić information content (AvgIpc) is 2.56. The van der Waals surface area contributed by atoms with Crippen molar-refractivity contribution in [3.05, 3.63) is 41.6 Å². The minimum absolute atomic E-state index is 0.331. The normalized spacial score (nSPS) is 10.4. The molecule has 2 N–H and O–H groups in total. The molecule has 0 unspecified atom stereocenters. The predicted octanol–water partition coefficient (Wildman–Crippen LogP) is 0.901. The highest BCUT2D eigenvalue weighted by Gasteiger charge is 2.08. The summed E-state index contributed by atoms with van der Waals surface area (Å²) in [4.78, 5) is 0. The van der Waals surface area contributed by atoms with Crippen LogP contribution < -0.4 is 10.4 Å². The zero-order chi connectivity index (χ0) is 9.97. The van der Waals surface area contributed by atoms with Crippen molar-refractivity contribution in [3.8, 4) is 0 Å². The van der Waals surface area contributed by atoms with Gasteiger partial charge in [0.15, 0.2) is 0 Å². The molecule has 1 aromatic heterocycles. The van der Waals surface area contributed by atoms with Gasteiger partial charge in [0, 0.05) is 5.56 Å². The van der Waals surface area contributed by atoms with Crippen LogP contribution in [0.15, 0.2) is 35.0 Å². The molecule has 0 aliphatic heterocycles. The monoisotopic (exact) mass is 190 g/mol. The Morgan fingerprint density at radius 2 is 2.07 bits per heavy atom. The molecule has 2 aromatic rings. The molecule has 72 valence electrons. The number of rotatable bonds is 2. The van der Waals surface area contributed by atoms with Crippen molar-refractivity contribution in [2.75, 3.05) is 5.73 Å². The fraction of sp³-hybridized carbons (Fsp3) is 0.200. The first kappa shape index (κ1) is 8.74. The van der Waals surface area contributed by atoms with E-state index in [0.717, 1.165) is 0 Å². The molecule has 4 nitrogen and oxygen atoms in total. The van der Waals surface area contributed by atoms with E-state index >= 15 is 0 Å². The topological polar surface area (TPSA) is 55.9 Å². The van der Waals surface area contributed by atoms with E-state index in [0.29, 0.717) is 12.4 Å². The van der Waals surface area contributed by atoms with Gasteiger partial charge in [-0.15, -0.1) is 0 Å². The molecule has 0 bridgehead atoms. The Hall–Kier alpha value is -1.84. The van der Waals surface area contributed by atoms with Gasteiger partial charge in [0.05, 0.1) is 0 Å². The Kier molecular flexibility index (Phi) is 2.18. The quantitative estimate of drug-likeness (QED) is 0.716. The molecule has 1 heterocycles. The first-order valence-corrected chi connectivity index (χ1v) is 4.41. The molecule has 0 amide bonds. The fourth-order valence-electron chi connectivity index (χ4n) is 1.25. The minimum atomic E-state index is 0.331. The highest BCUT2D eigenvalue weighted by Crippen LogP contribution is 2.02. The number of benzene rings is 1. The Bertz CT molecular complexity index is 419. The van der Waals surface area contributed by atoms with Gasteiger partial charge in [0.25, 0.3) is 12.1 Å². The summed E-state index contributed by atoms with van der Waals surface area (Å²) in [7, 11) is 0. The lowest BCUT2D eigenvalue weighted by Gasteiger charge is -1.93. The minimum Gasteiger partial charge on any atom is -0.362 e. The van der Waals surface area contributed by atoms with Gasteiger partial charge >= 0.3 is 0 Å². The van der Waals surface area contributed by atoms with Crippen molar-refractivity contribution in [2.45, 2.75) is 13.5 Å². The van der Waals surface area contributed by atoms with E-state index in [1.54, 1.807) is 10.9 Å². The van der Waals surface area contributed by atoms with Crippen LogP contribution in [0.4, 0.5) is 5.88 Å². The van der Waals surface area contributed by atoms with Gasteiger partial charge in [0.1, 0.15) is 0 Å². The van der Waals surface area contributed by atoms with Crippen molar-refractivity contribution >= 4 is 5.88 Å². The summed E-state index contributed by atoms with van der Waals surface area (Å²) >= 11 is 0. The number of nitrogens with zero attached hydrogens (tertiary/aromatic N) is 2. The largest absolute Gasteiger partial charge is 0.362 e. The third-order valence-electron chi connectivity index (χ3n) is 1.99. The summed E-state index contributed by atoms with van der Waals surface area (Å²) in [6.07, 6.45) is 1.67. The number of anilines is 1. The number of aryl methyl sites for hydroxylation is 1. The van der Waals surface area contributed by atoms with E-state index in [2.05, 4.69) is 36.5 Å². The molecule has 0 spiro atoms. The highest BCUT2D eigenvalue weighted by atomic mass is 16.5. The van der Waals surface area contributed by atoms with E-state index in [1.807, 2.05) is 0 Å². The highest BCUT2D eigenvalue weighted by molar-refractivity contribution is 5.20. The number of hydrogen-bond donors (Lipinski definition) is 1. The summed E-state index contributed by atoms with van der Waals surface area (Å²) < 4.78 is 6.42. The molecule has 0 aliphatic carbocycles. The van der Waals surface area contributed by atoms with Crippen LogP contribution in [-0.2, 0) is 6.54 Å². The Morgan fingerprint density at radius 1 is 1.36 bits per heavy atom. The van der Waals surface area contributed by atoms with Crippen molar-refractivity contribution in [1.82, 2.24) is 5.27 Å². The summed E-state index contributed by atoms with van der Waals surface area (Å²) in [6.45, 7) is 2.74. The lowest BCUT2D eigenvalue weighted by Crippen LogP contribution is -2.35. The maximum Gasteiger partial charge on any atom is 0.293 e. The first-order chi connectivity index (χ1) is 6.74. The van der Waals surface area contributed by atoms with Crippen LogP contribution in [0, 0.1) is 6.92 Å². The van der Waals surface area contributed by atoms with E-state index in [9.17, 15) is 0 Å². The molecular weight excluding hydrogens is 178 g/mol. The smallest absolute Gasteiger partial charge is 0.293 e. The summed E-state index contributed by atoms with van der Waals surface area (Å²) in [6, 6.07) is 8.26. The lowest BCUT2D eigenvalue weighted by atomic mass is 10.1. The van der Waals surface area contributed by atoms with Crippen LogP contribution in [0.1, 0.15) is 11.1 Å². The second-order valence-electron chi connectivity index (χ2n) is 3.29. The van der Waals surface area contributed by atoms with E-state index in [-0.39, 0.29) is 0 Å². The Morgan fingerprint density at radius 3 is 2.64 bits per heavy atom. The molecule has 0 aliphatic rings. The maximum absolute atomic E-state index is 5.41. The molecule has 14 heavy (non-hydrogen) atoms. The second kappa shape index (κ2) is 3.49. The van der Waals surface area contributed by atoms with Crippen molar-refractivity contribution < 1.29 is 9.20 Å². The van der Waals surface area contributed by atoms with Crippen molar-refractivity contribution in [1.29, 1.82) is 0 Å². The van der Waals surface area contributed by atoms with E-state index in [4.69, 9.17) is 10.3 Å². The number of hydrogen-bond acceptors (Lipinski definition) is 3. The standard InChI is InChI=1S/C10H12N3O/c1-8-2-4-9(5-3-8)6-13-7-10(11)14-12-13/h2-5,7H,6,11H2,1H3/q+1. The predicted molar refractivity (Wildman–Crippen MR) is 51.4 cm³/mol. The molecule has 4 heteroatoms. The van der Waals surface area contributed by atoms with Crippen LogP contribution >= 0.6 is 0 Å². The number of aromatic nitrogens is 2. The molecule has 2 rings (SSSR count). The Labute approximate surface area is 81.9 Å². The van der Waals surface area contributed by atoms with Crippen LogP contribution in [0.2, 0.25) is 0 Å². The zero-order valence-corrected chi connectivity index (χ0v) is 7.97. The van der Waals surface area contributed by atoms with Crippen molar-refractivity contribution in [2.24, 2.45) is 0 Å². The average molecular weight is 190 g/mol. The van der Waals surface area contributed by atoms with Gasteiger partial charge in [0.2, 0.25) is 11.8 Å². The molecular formula is C10H12N3O+. The van der Waals surface area contributed by atoms with Gasteiger partial charge in [-0.1, -0.05) is 29.8 Å². The van der Waals surface area contributed by atoms with Gasteiger partial charge in [-0.05, 0) is 11.6 Å². The van der Waals surface area contributed by atoms with Gasteiger partial charge < -0.3 is 5.73 Å². The number of nitrogens with two attached hydrogens (primary N) is 1. The van der Waals surface area contributed by atoms with E-state index in [1.165, 1.54) is 11.1 Å². The van der Waals surface area contributed by atoms with Crippen LogP contribution in [0.25, 0.3) is 0 Å². The van der Waals surface area contributed by atoms with Crippen LogP contribution in [0.3, 0.4) is 0 Å². The molecule has 0 fully saturated rings. The van der Waals surface area contributed by atoms with E-state index < -0.39 is 0 Å². The van der Waals surface area contributed by atoms with Crippen LogP contribution in [-0.4, -0.2) is 5.27 Å². The molecule has 0 radical (unpaired) electrons. The molecule has 1 aromatic carbocycles. The van der Waals surface area contributed by atoms with Gasteiger partial charge in [-0.25, -0.2) is 0 Å². The molecule has 0 atom stereocenters. The molecule has 0 saturated heterocycles. The zero-order valence-electron chi connectivity index (χ0n) is 7.97. The van der Waals surface area contributed by atoms with Crippen molar-refractivity contribution in [3.63, 3.8) is 0 Å².